The second-order valence-corrected chi connectivity index (χ2v) is 5.54. The van der Waals surface area contributed by atoms with Gasteiger partial charge in [0.15, 0.2) is 0 Å². The molecule has 0 aromatic heterocycles. The molecule has 0 aliphatic carbocycles. The lowest BCUT2D eigenvalue weighted by Gasteiger charge is -2.47. The fourth-order valence-electron chi connectivity index (χ4n) is 2.61. The molecule has 0 fully saturated rings. The first-order valence-corrected chi connectivity index (χ1v) is 5.89. The minimum absolute atomic E-state index is 0.219. The van der Waals surface area contributed by atoms with Crippen molar-refractivity contribution in [2.45, 2.75) is 67.0 Å². The van der Waals surface area contributed by atoms with Gasteiger partial charge in [-0.05, 0) is 25.2 Å². The SMILES string of the molecule is CCC[C@](C)(F)C(C)(C(C)C)C(C)C. The van der Waals surface area contributed by atoms with Crippen molar-refractivity contribution in [2.24, 2.45) is 17.3 Å². The number of rotatable bonds is 5. The van der Waals surface area contributed by atoms with E-state index in [0.29, 0.717) is 18.3 Å². The lowest BCUT2D eigenvalue weighted by molar-refractivity contribution is -0.0585. The average Bonchev–Trinajstić information content (AvgIpc) is 2.01. The van der Waals surface area contributed by atoms with Crippen molar-refractivity contribution < 1.29 is 4.39 Å². The van der Waals surface area contributed by atoms with Crippen molar-refractivity contribution in [1.82, 2.24) is 0 Å². The Bertz CT molecular complexity index is 160. The van der Waals surface area contributed by atoms with Crippen LogP contribution in [0.5, 0.6) is 0 Å². The van der Waals surface area contributed by atoms with E-state index in [1.807, 2.05) is 0 Å². The second-order valence-electron chi connectivity index (χ2n) is 5.54. The third-order valence-electron chi connectivity index (χ3n) is 4.24. The summed E-state index contributed by atoms with van der Waals surface area (Å²) in [6.45, 7) is 14.5. The van der Waals surface area contributed by atoms with E-state index in [0.717, 1.165) is 6.42 Å². The fourth-order valence-corrected chi connectivity index (χ4v) is 2.61. The Hall–Kier alpha value is -0.0700. The van der Waals surface area contributed by atoms with Crippen LogP contribution in [-0.4, -0.2) is 5.67 Å². The Balaban J connectivity index is 4.99. The van der Waals surface area contributed by atoms with Gasteiger partial charge >= 0.3 is 0 Å². The van der Waals surface area contributed by atoms with Gasteiger partial charge in [-0.15, -0.1) is 0 Å². The fraction of sp³-hybridized carbons (Fsp3) is 1.00. The van der Waals surface area contributed by atoms with E-state index in [4.69, 9.17) is 0 Å². The van der Waals surface area contributed by atoms with Gasteiger partial charge in [-0.1, -0.05) is 48.0 Å². The normalized spacial score (nSPS) is 17.6. The Kier molecular flexibility index (Phi) is 4.61. The van der Waals surface area contributed by atoms with Gasteiger partial charge in [-0.25, -0.2) is 4.39 Å². The van der Waals surface area contributed by atoms with Gasteiger partial charge in [0.25, 0.3) is 0 Å². The van der Waals surface area contributed by atoms with E-state index >= 15 is 0 Å². The first-order chi connectivity index (χ1) is 6.20. The lowest BCUT2D eigenvalue weighted by atomic mass is 9.60. The van der Waals surface area contributed by atoms with Crippen LogP contribution < -0.4 is 0 Å². The van der Waals surface area contributed by atoms with Crippen molar-refractivity contribution in [3.05, 3.63) is 0 Å². The number of hydrogen-bond acceptors (Lipinski definition) is 0. The van der Waals surface area contributed by atoms with E-state index < -0.39 is 5.67 Å². The monoisotopic (exact) mass is 202 g/mol. The van der Waals surface area contributed by atoms with Crippen LogP contribution in [0.15, 0.2) is 0 Å². The molecule has 1 heteroatoms. The van der Waals surface area contributed by atoms with E-state index in [9.17, 15) is 4.39 Å². The summed E-state index contributed by atoms with van der Waals surface area (Å²) >= 11 is 0. The molecule has 0 spiro atoms. The molecule has 14 heavy (non-hydrogen) atoms. The van der Waals surface area contributed by atoms with E-state index in [1.54, 1.807) is 6.92 Å². The van der Waals surface area contributed by atoms with Crippen molar-refractivity contribution in [1.29, 1.82) is 0 Å². The molecule has 0 aromatic rings. The summed E-state index contributed by atoms with van der Waals surface area (Å²) in [7, 11) is 0. The van der Waals surface area contributed by atoms with Crippen molar-refractivity contribution in [3.63, 3.8) is 0 Å². The topological polar surface area (TPSA) is 0 Å². The molecule has 0 nitrogen and oxygen atoms in total. The zero-order valence-electron chi connectivity index (χ0n) is 10.9. The molecule has 0 saturated heterocycles. The minimum atomic E-state index is -1.05. The molecular formula is C13H27F. The van der Waals surface area contributed by atoms with Crippen molar-refractivity contribution in [3.8, 4) is 0 Å². The summed E-state index contributed by atoms with van der Waals surface area (Å²) in [5.74, 6) is 0.757. The third kappa shape index (κ3) is 2.29. The van der Waals surface area contributed by atoms with Crippen molar-refractivity contribution >= 4 is 0 Å². The molecule has 0 heterocycles. The smallest absolute Gasteiger partial charge is 0.114 e. The van der Waals surface area contributed by atoms with Crippen LogP contribution in [0.2, 0.25) is 0 Å². The quantitative estimate of drug-likeness (QED) is 0.599. The molecule has 0 unspecified atom stereocenters. The van der Waals surface area contributed by atoms with E-state index in [-0.39, 0.29) is 5.41 Å². The van der Waals surface area contributed by atoms with Crippen LogP contribution in [0.25, 0.3) is 0 Å². The maximum absolute atomic E-state index is 14.6. The minimum Gasteiger partial charge on any atom is -0.244 e. The van der Waals surface area contributed by atoms with Crippen LogP contribution in [-0.2, 0) is 0 Å². The molecular weight excluding hydrogens is 175 g/mol. The molecule has 0 amide bonds. The van der Waals surface area contributed by atoms with Crippen LogP contribution in [0.1, 0.15) is 61.3 Å². The summed E-state index contributed by atoms with van der Waals surface area (Å²) in [4.78, 5) is 0. The van der Waals surface area contributed by atoms with Crippen LogP contribution in [0.4, 0.5) is 4.39 Å². The highest BCUT2D eigenvalue weighted by Gasteiger charge is 2.48. The number of alkyl halides is 1. The molecule has 0 radical (unpaired) electrons. The molecule has 0 aliphatic heterocycles. The van der Waals surface area contributed by atoms with Crippen LogP contribution >= 0.6 is 0 Å². The first-order valence-electron chi connectivity index (χ1n) is 5.89. The van der Waals surface area contributed by atoms with E-state index in [1.165, 1.54) is 0 Å². The van der Waals surface area contributed by atoms with Crippen molar-refractivity contribution in [2.75, 3.05) is 0 Å². The summed E-state index contributed by atoms with van der Waals surface area (Å²) in [5, 5.41) is 0. The highest BCUT2D eigenvalue weighted by Crippen LogP contribution is 2.49. The molecule has 0 aliphatic rings. The Morgan fingerprint density at radius 3 is 1.57 bits per heavy atom. The van der Waals surface area contributed by atoms with Crippen LogP contribution in [0, 0.1) is 17.3 Å². The maximum atomic E-state index is 14.6. The molecule has 0 aromatic carbocycles. The first kappa shape index (κ1) is 13.9. The predicted octanol–water partition coefficient (Wildman–Crippen LogP) is 4.83. The second kappa shape index (κ2) is 4.63. The predicted molar refractivity (Wildman–Crippen MR) is 62.2 cm³/mol. The largest absolute Gasteiger partial charge is 0.244 e. The Labute approximate surface area is 89.3 Å². The summed E-state index contributed by atoms with van der Waals surface area (Å²) in [6.07, 6.45) is 1.59. The molecule has 1 atom stereocenters. The molecule has 0 bridgehead atoms. The molecule has 0 rings (SSSR count). The lowest BCUT2D eigenvalue weighted by Crippen LogP contribution is -2.47. The molecule has 86 valence electrons. The highest BCUT2D eigenvalue weighted by atomic mass is 19.1. The van der Waals surface area contributed by atoms with Gasteiger partial charge in [0.05, 0.1) is 0 Å². The third-order valence-corrected chi connectivity index (χ3v) is 4.24. The molecule has 0 N–H and O–H groups in total. The average molecular weight is 202 g/mol. The number of halogens is 1. The standard InChI is InChI=1S/C13H27F/c1-8-9-12(6,14)13(7,10(2)3)11(4)5/h10-11H,8-9H2,1-7H3/t12-/m0/s1. The van der Waals surface area contributed by atoms with Gasteiger partial charge in [0, 0.05) is 5.41 Å². The summed E-state index contributed by atoms with van der Waals surface area (Å²) in [6, 6.07) is 0. The summed E-state index contributed by atoms with van der Waals surface area (Å²) < 4.78 is 14.6. The van der Waals surface area contributed by atoms with Gasteiger partial charge in [-0.2, -0.15) is 0 Å². The Morgan fingerprint density at radius 1 is 1.00 bits per heavy atom. The highest BCUT2D eigenvalue weighted by molar-refractivity contribution is 4.97. The van der Waals surface area contributed by atoms with Gasteiger partial charge in [0.2, 0.25) is 0 Å². The van der Waals surface area contributed by atoms with E-state index in [2.05, 4.69) is 41.5 Å². The Morgan fingerprint density at radius 2 is 1.36 bits per heavy atom. The zero-order chi connectivity index (χ0) is 11.6. The van der Waals surface area contributed by atoms with Gasteiger partial charge in [-0.3, -0.25) is 0 Å². The van der Waals surface area contributed by atoms with Crippen LogP contribution in [0.3, 0.4) is 0 Å². The van der Waals surface area contributed by atoms with Gasteiger partial charge < -0.3 is 0 Å². The molecule has 0 saturated carbocycles. The summed E-state index contributed by atoms with van der Waals surface area (Å²) in [5.41, 5.74) is -1.27. The van der Waals surface area contributed by atoms with Gasteiger partial charge in [0.1, 0.15) is 5.67 Å². The maximum Gasteiger partial charge on any atom is 0.114 e. The number of hydrogen-bond donors (Lipinski definition) is 0. The zero-order valence-corrected chi connectivity index (χ0v) is 10.9.